The molecule has 0 bridgehead atoms. The van der Waals surface area contributed by atoms with Crippen LogP contribution in [-0.2, 0) is 9.53 Å². The zero-order valence-electron chi connectivity index (χ0n) is 8.77. The average molecular weight is 241 g/mol. The van der Waals surface area contributed by atoms with Gasteiger partial charge in [0.15, 0.2) is 0 Å². The Kier molecular flexibility index (Phi) is 3.93. The van der Waals surface area contributed by atoms with Gasteiger partial charge in [0.25, 0.3) is 0 Å². The molecule has 5 heteroatoms. The first kappa shape index (κ1) is 12.5. The van der Waals surface area contributed by atoms with Gasteiger partial charge in [-0.15, -0.1) is 12.4 Å². The lowest BCUT2D eigenvalue weighted by atomic mass is 10.1. The van der Waals surface area contributed by atoms with Crippen molar-refractivity contribution in [2.75, 3.05) is 7.11 Å². The van der Waals surface area contributed by atoms with Crippen LogP contribution in [0.1, 0.15) is 11.6 Å². The van der Waals surface area contributed by atoms with Crippen molar-refractivity contribution in [2.45, 2.75) is 6.04 Å². The van der Waals surface area contributed by atoms with E-state index in [-0.39, 0.29) is 12.4 Å². The molecular formula is C11H13ClN2O2. The molecule has 0 spiro atoms. The van der Waals surface area contributed by atoms with E-state index in [1.54, 1.807) is 6.20 Å². The predicted octanol–water partition coefficient (Wildman–Crippen LogP) is 1.76. The molecule has 0 radical (unpaired) electrons. The highest BCUT2D eigenvalue weighted by Crippen LogP contribution is 2.23. The largest absolute Gasteiger partial charge is 0.468 e. The molecule has 2 rings (SSSR count). The number of ether oxygens (including phenoxy) is 1. The van der Waals surface area contributed by atoms with Crippen molar-refractivity contribution in [3.63, 3.8) is 0 Å². The number of carbonyl (C=O) groups is 1. The second-order valence-corrected chi connectivity index (χ2v) is 3.29. The lowest BCUT2D eigenvalue weighted by molar-refractivity contribution is -0.142. The van der Waals surface area contributed by atoms with Crippen LogP contribution in [0.25, 0.3) is 10.9 Å². The zero-order valence-corrected chi connectivity index (χ0v) is 9.58. The molecular weight excluding hydrogens is 228 g/mol. The van der Waals surface area contributed by atoms with Crippen molar-refractivity contribution in [1.29, 1.82) is 0 Å². The van der Waals surface area contributed by atoms with Crippen LogP contribution in [0, 0.1) is 0 Å². The minimum atomic E-state index is -0.730. The van der Waals surface area contributed by atoms with E-state index in [2.05, 4.69) is 9.72 Å². The summed E-state index contributed by atoms with van der Waals surface area (Å²) in [7, 11) is 1.33. The summed E-state index contributed by atoms with van der Waals surface area (Å²) < 4.78 is 4.61. The Bertz CT molecular complexity index is 495. The summed E-state index contributed by atoms with van der Waals surface area (Å²) in [5, 5.41) is 0.954. The number of nitrogens with one attached hydrogen (secondary N) is 1. The van der Waals surface area contributed by atoms with Crippen molar-refractivity contribution < 1.29 is 9.53 Å². The number of methoxy groups -OCH3 is 1. The number of carbonyl (C=O) groups excluding carboxylic acids is 1. The van der Waals surface area contributed by atoms with E-state index in [1.165, 1.54) is 7.11 Å². The Morgan fingerprint density at radius 1 is 1.44 bits per heavy atom. The minimum Gasteiger partial charge on any atom is -0.468 e. The number of esters is 1. The summed E-state index contributed by atoms with van der Waals surface area (Å²) in [6.07, 6.45) is 1.74. The topological polar surface area (TPSA) is 68.1 Å². The van der Waals surface area contributed by atoms with Crippen molar-refractivity contribution in [3.8, 4) is 0 Å². The standard InChI is InChI=1S/C11H12N2O2.ClH/c1-15-11(14)10(12)8-6-13-9-5-3-2-4-7(8)9;/h2-6,10,13H,12H2,1H3;1H/t10-;/m1./s1. The molecule has 1 aromatic carbocycles. The van der Waals surface area contributed by atoms with Gasteiger partial charge in [-0.05, 0) is 6.07 Å². The number of fused-ring (bicyclic) bond motifs is 1. The molecule has 1 atom stereocenters. The van der Waals surface area contributed by atoms with E-state index in [0.29, 0.717) is 0 Å². The number of benzene rings is 1. The van der Waals surface area contributed by atoms with E-state index < -0.39 is 12.0 Å². The van der Waals surface area contributed by atoms with Gasteiger partial charge < -0.3 is 15.5 Å². The molecule has 86 valence electrons. The van der Waals surface area contributed by atoms with Gasteiger partial charge in [-0.2, -0.15) is 0 Å². The van der Waals surface area contributed by atoms with Gasteiger partial charge in [-0.25, -0.2) is 0 Å². The van der Waals surface area contributed by atoms with Crippen molar-refractivity contribution >= 4 is 29.3 Å². The van der Waals surface area contributed by atoms with Crippen LogP contribution in [0.4, 0.5) is 0 Å². The SMILES string of the molecule is COC(=O)[C@H](N)c1c[nH]c2ccccc12.Cl. The molecule has 1 heterocycles. The van der Waals surface area contributed by atoms with Gasteiger partial charge in [0.05, 0.1) is 7.11 Å². The molecule has 4 nitrogen and oxygen atoms in total. The second-order valence-electron chi connectivity index (χ2n) is 3.29. The summed E-state index contributed by atoms with van der Waals surface area (Å²) in [4.78, 5) is 14.4. The number of hydrogen-bond donors (Lipinski definition) is 2. The van der Waals surface area contributed by atoms with Crippen LogP contribution in [-0.4, -0.2) is 18.1 Å². The van der Waals surface area contributed by atoms with Crippen LogP contribution >= 0.6 is 12.4 Å². The molecule has 0 amide bonds. The lowest BCUT2D eigenvalue weighted by Gasteiger charge is -2.07. The van der Waals surface area contributed by atoms with Gasteiger partial charge in [-0.1, -0.05) is 18.2 Å². The van der Waals surface area contributed by atoms with Crippen LogP contribution in [0.15, 0.2) is 30.5 Å². The van der Waals surface area contributed by atoms with Gasteiger partial charge in [-0.3, -0.25) is 4.79 Å². The molecule has 0 unspecified atom stereocenters. The molecule has 0 saturated carbocycles. The normalized spacial score (nSPS) is 11.9. The highest BCUT2D eigenvalue weighted by atomic mass is 35.5. The number of para-hydroxylation sites is 1. The molecule has 0 saturated heterocycles. The zero-order chi connectivity index (χ0) is 10.8. The van der Waals surface area contributed by atoms with Crippen LogP contribution < -0.4 is 5.73 Å². The van der Waals surface area contributed by atoms with Crippen LogP contribution in [0.3, 0.4) is 0 Å². The Morgan fingerprint density at radius 2 is 2.12 bits per heavy atom. The van der Waals surface area contributed by atoms with E-state index in [1.807, 2.05) is 24.3 Å². The third kappa shape index (κ3) is 2.03. The summed E-state index contributed by atoms with van der Waals surface area (Å²) in [5.41, 5.74) is 7.49. The number of H-pyrrole nitrogens is 1. The third-order valence-corrected chi connectivity index (χ3v) is 2.41. The van der Waals surface area contributed by atoms with E-state index in [0.717, 1.165) is 16.5 Å². The molecule has 0 fully saturated rings. The lowest BCUT2D eigenvalue weighted by Crippen LogP contribution is -2.22. The maximum absolute atomic E-state index is 11.3. The fraction of sp³-hybridized carbons (Fsp3) is 0.182. The maximum atomic E-state index is 11.3. The number of aromatic nitrogens is 1. The number of nitrogens with two attached hydrogens (primary N) is 1. The summed E-state index contributed by atoms with van der Waals surface area (Å²) in [5.74, 6) is -0.431. The second kappa shape index (κ2) is 5.01. The minimum absolute atomic E-state index is 0. The van der Waals surface area contributed by atoms with Gasteiger partial charge in [0, 0.05) is 22.7 Å². The molecule has 2 aromatic rings. The Morgan fingerprint density at radius 3 is 2.81 bits per heavy atom. The molecule has 3 N–H and O–H groups in total. The number of halogens is 1. The molecule has 1 aromatic heterocycles. The molecule has 0 aliphatic rings. The average Bonchev–Trinajstić information content (AvgIpc) is 2.70. The summed E-state index contributed by atoms with van der Waals surface area (Å²) >= 11 is 0. The highest BCUT2D eigenvalue weighted by Gasteiger charge is 2.19. The van der Waals surface area contributed by atoms with Crippen LogP contribution in [0.2, 0.25) is 0 Å². The predicted molar refractivity (Wildman–Crippen MR) is 64.5 cm³/mol. The van der Waals surface area contributed by atoms with E-state index in [9.17, 15) is 4.79 Å². The van der Waals surface area contributed by atoms with E-state index >= 15 is 0 Å². The summed E-state index contributed by atoms with van der Waals surface area (Å²) in [6, 6.07) is 6.95. The van der Waals surface area contributed by atoms with Crippen LogP contribution in [0.5, 0.6) is 0 Å². The first-order chi connectivity index (χ1) is 7.24. The smallest absolute Gasteiger partial charge is 0.327 e. The Labute approximate surface area is 99.2 Å². The highest BCUT2D eigenvalue weighted by molar-refractivity contribution is 5.89. The van der Waals surface area contributed by atoms with Gasteiger partial charge >= 0.3 is 5.97 Å². The summed E-state index contributed by atoms with van der Waals surface area (Å²) in [6.45, 7) is 0. The Balaban J connectivity index is 0.00000128. The fourth-order valence-corrected chi connectivity index (χ4v) is 1.61. The fourth-order valence-electron chi connectivity index (χ4n) is 1.61. The van der Waals surface area contributed by atoms with Gasteiger partial charge in [0.2, 0.25) is 0 Å². The monoisotopic (exact) mass is 240 g/mol. The molecule has 0 aliphatic heterocycles. The number of aromatic amines is 1. The first-order valence-electron chi connectivity index (χ1n) is 4.63. The number of rotatable bonds is 2. The van der Waals surface area contributed by atoms with E-state index in [4.69, 9.17) is 5.73 Å². The third-order valence-electron chi connectivity index (χ3n) is 2.41. The van der Waals surface area contributed by atoms with Crippen molar-refractivity contribution in [2.24, 2.45) is 5.73 Å². The first-order valence-corrected chi connectivity index (χ1v) is 4.63. The van der Waals surface area contributed by atoms with Crippen molar-refractivity contribution in [1.82, 2.24) is 4.98 Å². The molecule has 16 heavy (non-hydrogen) atoms. The van der Waals surface area contributed by atoms with Gasteiger partial charge in [0.1, 0.15) is 6.04 Å². The maximum Gasteiger partial charge on any atom is 0.327 e. The number of hydrogen-bond acceptors (Lipinski definition) is 3. The Hall–Kier alpha value is -1.52. The van der Waals surface area contributed by atoms with Crippen molar-refractivity contribution in [3.05, 3.63) is 36.0 Å². The quantitative estimate of drug-likeness (QED) is 0.786. The molecule has 0 aliphatic carbocycles.